The number of benzene rings is 1. The molecule has 0 saturated carbocycles. The van der Waals surface area contributed by atoms with Gasteiger partial charge in [0, 0.05) is 10.1 Å². The number of esters is 1. The van der Waals surface area contributed by atoms with Crippen molar-refractivity contribution in [3.8, 4) is 5.75 Å². The van der Waals surface area contributed by atoms with Crippen molar-refractivity contribution in [1.82, 2.24) is 4.90 Å². The first-order valence-electron chi connectivity index (χ1n) is 6.03. The number of ether oxygens (including phenoxy) is 1. The molecule has 1 amide bonds. The van der Waals surface area contributed by atoms with Crippen molar-refractivity contribution in [3.05, 3.63) is 40.0 Å². The Hall–Kier alpha value is -1.57. The van der Waals surface area contributed by atoms with Crippen molar-refractivity contribution < 1.29 is 19.4 Å². The van der Waals surface area contributed by atoms with Crippen LogP contribution in [-0.2, 0) is 9.53 Å². The second-order valence-corrected chi connectivity index (χ2v) is 5.19. The molecule has 0 atom stereocenters. The van der Waals surface area contributed by atoms with E-state index >= 15 is 0 Å². The van der Waals surface area contributed by atoms with Gasteiger partial charge in [-0.2, -0.15) is 0 Å². The molecule has 0 unspecified atom stereocenters. The summed E-state index contributed by atoms with van der Waals surface area (Å²) in [6.45, 7) is 5.53. The summed E-state index contributed by atoms with van der Waals surface area (Å²) in [4.78, 5) is 25.1. The molecule has 0 saturated heterocycles. The molecule has 6 heteroatoms. The Morgan fingerprint density at radius 2 is 2.20 bits per heavy atom. The summed E-state index contributed by atoms with van der Waals surface area (Å²) < 4.78 is 5.65. The summed E-state index contributed by atoms with van der Waals surface area (Å²) in [7, 11) is 0. The van der Waals surface area contributed by atoms with Crippen molar-refractivity contribution >= 4 is 34.5 Å². The molecule has 0 fully saturated rings. The first-order chi connectivity index (χ1) is 9.49. The highest BCUT2D eigenvalue weighted by molar-refractivity contribution is 14.1. The number of hydrogen-bond acceptors (Lipinski definition) is 4. The number of carbonyl (C=O) groups is 2. The Balaban J connectivity index is 2.95. The lowest BCUT2D eigenvalue weighted by Gasteiger charge is -2.20. The largest absolute Gasteiger partial charge is 0.507 e. The van der Waals surface area contributed by atoms with Crippen molar-refractivity contribution in [2.24, 2.45) is 0 Å². The van der Waals surface area contributed by atoms with Crippen LogP contribution in [0.25, 0.3) is 0 Å². The van der Waals surface area contributed by atoms with Crippen LogP contribution in [0.15, 0.2) is 30.9 Å². The minimum absolute atomic E-state index is 0.117. The highest BCUT2D eigenvalue weighted by atomic mass is 127. The molecular formula is C14H16INO4. The number of phenolic OH excluding ortho intramolecular Hbond substituents is 1. The summed E-state index contributed by atoms with van der Waals surface area (Å²) in [5.74, 6) is -1.05. The molecule has 0 aliphatic heterocycles. The van der Waals surface area contributed by atoms with Gasteiger partial charge in [0.1, 0.15) is 12.3 Å². The molecule has 0 aliphatic carbocycles. The van der Waals surface area contributed by atoms with E-state index < -0.39 is 11.9 Å². The number of nitrogens with zero attached hydrogens (tertiary/aromatic N) is 1. The van der Waals surface area contributed by atoms with Crippen molar-refractivity contribution in [1.29, 1.82) is 0 Å². The summed E-state index contributed by atoms with van der Waals surface area (Å²) in [6, 6.07) is 4.71. The maximum Gasteiger partial charge on any atom is 0.325 e. The molecular weight excluding hydrogens is 373 g/mol. The van der Waals surface area contributed by atoms with E-state index in [2.05, 4.69) is 6.58 Å². The number of phenols is 1. The monoisotopic (exact) mass is 389 g/mol. The first kappa shape index (κ1) is 16.5. The molecule has 0 aromatic heterocycles. The van der Waals surface area contributed by atoms with Crippen LogP contribution in [0.4, 0.5) is 0 Å². The Labute approximate surface area is 131 Å². The highest BCUT2D eigenvalue weighted by Crippen LogP contribution is 2.21. The van der Waals surface area contributed by atoms with Gasteiger partial charge < -0.3 is 14.7 Å². The average Bonchev–Trinajstić information content (AvgIpc) is 2.40. The number of carbonyl (C=O) groups excluding carboxylic acids is 2. The summed E-state index contributed by atoms with van der Waals surface area (Å²) >= 11 is 2.05. The fourth-order valence-electron chi connectivity index (χ4n) is 1.59. The minimum atomic E-state index is -0.493. The second-order valence-electron chi connectivity index (χ2n) is 3.94. The number of aromatic hydroxyl groups is 1. The molecule has 0 radical (unpaired) electrons. The van der Waals surface area contributed by atoms with E-state index in [1.165, 1.54) is 17.0 Å². The maximum atomic E-state index is 12.4. The number of hydrogen-bond donors (Lipinski definition) is 1. The van der Waals surface area contributed by atoms with Crippen LogP contribution in [0.1, 0.15) is 17.3 Å². The molecule has 108 valence electrons. The molecule has 0 spiro atoms. The average molecular weight is 389 g/mol. The van der Waals surface area contributed by atoms with Crippen molar-refractivity contribution in [2.45, 2.75) is 6.92 Å². The standard InChI is InChI=1S/C14H16INO4/c1-3-7-16(9-13(18)20-4-2)14(19)11-8-10(15)5-6-12(11)17/h3,5-6,8,17H,1,4,7,9H2,2H3. The van der Waals surface area contributed by atoms with Gasteiger partial charge in [-0.3, -0.25) is 9.59 Å². The van der Waals surface area contributed by atoms with Crippen LogP contribution in [0.5, 0.6) is 5.75 Å². The third kappa shape index (κ3) is 4.52. The quantitative estimate of drug-likeness (QED) is 0.460. The number of halogens is 1. The molecule has 20 heavy (non-hydrogen) atoms. The normalized spacial score (nSPS) is 9.90. The topological polar surface area (TPSA) is 66.8 Å². The fraction of sp³-hybridized carbons (Fsp3) is 0.286. The maximum absolute atomic E-state index is 12.4. The van der Waals surface area contributed by atoms with Gasteiger partial charge in [0.25, 0.3) is 5.91 Å². The van der Waals surface area contributed by atoms with Crippen LogP contribution in [0.2, 0.25) is 0 Å². The van der Waals surface area contributed by atoms with Crippen LogP contribution in [0.3, 0.4) is 0 Å². The van der Waals surface area contributed by atoms with Gasteiger partial charge in [0.2, 0.25) is 0 Å². The molecule has 1 aromatic carbocycles. The molecule has 1 rings (SSSR count). The molecule has 0 heterocycles. The van der Waals surface area contributed by atoms with Crippen LogP contribution >= 0.6 is 22.6 Å². The Morgan fingerprint density at radius 3 is 2.80 bits per heavy atom. The Kier molecular flexibility index (Phi) is 6.50. The predicted octanol–water partition coefficient (Wildman–Crippen LogP) is 2.19. The predicted molar refractivity (Wildman–Crippen MR) is 83.6 cm³/mol. The zero-order valence-corrected chi connectivity index (χ0v) is 13.3. The van der Waals surface area contributed by atoms with E-state index in [1.807, 2.05) is 22.6 Å². The Bertz CT molecular complexity index is 516. The summed E-state index contributed by atoms with van der Waals surface area (Å²) in [5, 5.41) is 9.77. The zero-order valence-electron chi connectivity index (χ0n) is 11.1. The van der Waals surface area contributed by atoms with Gasteiger partial charge in [-0.1, -0.05) is 6.08 Å². The lowest BCUT2D eigenvalue weighted by atomic mass is 10.1. The lowest BCUT2D eigenvalue weighted by Crippen LogP contribution is -2.36. The van der Waals surface area contributed by atoms with Gasteiger partial charge >= 0.3 is 5.97 Å². The van der Waals surface area contributed by atoms with E-state index in [9.17, 15) is 14.7 Å². The van der Waals surface area contributed by atoms with Gasteiger partial charge in [-0.05, 0) is 47.7 Å². The van der Waals surface area contributed by atoms with Gasteiger partial charge in [-0.15, -0.1) is 6.58 Å². The minimum Gasteiger partial charge on any atom is -0.507 e. The Morgan fingerprint density at radius 1 is 1.50 bits per heavy atom. The van der Waals surface area contributed by atoms with Crippen LogP contribution < -0.4 is 0 Å². The third-order valence-corrected chi connectivity index (χ3v) is 3.12. The van der Waals surface area contributed by atoms with Crippen molar-refractivity contribution in [3.63, 3.8) is 0 Å². The third-order valence-electron chi connectivity index (χ3n) is 2.45. The van der Waals surface area contributed by atoms with Crippen LogP contribution in [0, 0.1) is 3.57 Å². The van der Waals surface area contributed by atoms with Gasteiger partial charge in [0.15, 0.2) is 0 Å². The van der Waals surface area contributed by atoms with Gasteiger partial charge in [0.05, 0.1) is 12.2 Å². The smallest absolute Gasteiger partial charge is 0.325 e. The van der Waals surface area contributed by atoms with E-state index in [-0.39, 0.29) is 31.0 Å². The van der Waals surface area contributed by atoms with E-state index in [1.54, 1.807) is 19.1 Å². The van der Waals surface area contributed by atoms with Crippen molar-refractivity contribution in [2.75, 3.05) is 19.7 Å². The van der Waals surface area contributed by atoms with E-state index in [0.717, 1.165) is 3.57 Å². The summed E-state index contributed by atoms with van der Waals surface area (Å²) in [6.07, 6.45) is 1.52. The molecule has 5 nitrogen and oxygen atoms in total. The van der Waals surface area contributed by atoms with E-state index in [4.69, 9.17) is 4.74 Å². The summed E-state index contributed by atoms with van der Waals surface area (Å²) in [5.41, 5.74) is 0.156. The second kappa shape index (κ2) is 7.88. The molecule has 0 bridgehead atoms. The molecule has 1 aromatic rings. The highest BCUT2D eigenvalue weighted by Gasteiger charge is 2.21. The lowest BCUT2D eigenvalue weighted by molar-refractivity contribution is -0.143. The SMILES string of the molecule is C=CCN(CC(=O)OCC)C(=O)c1cc(I)ccc1O. The molecule has 1 N–H and O–H groups in total. The first-order valence-corrected chi connectivity index (χ1v) is 7.11. The number of amides is 1. The van der Waals surface area contributed by atoms with Gasteiger partial charge in [-0.25, -0.2) is 0 Å². The fourth-order valence-corrected chi connectivity index (χ4v) is 2.08. The number of rotatable bonds is 6. The van der Waals surface area contributed by atoms with E-state index in [0.29, 0.717) is 0 Å². The zero-order chi connectivity index (χ0) is 15.1. The van der Waals surface area contributed by atoms with Crippen LogP contribution in [-0.4, -0.2) is 41.6 Å². The molecule has 0 aliphatic rings.